The lowest BCUT2D eigenvalue weighted by Gasteiger charge is -2.14. The highest BCUT2D eigenvalue weighted by Gasteiger charge is 2.16. The minimum absolute atomic E-state index is 0.414. The highest BCUT2D eigenvalue weighted by atomic mass is 79.9. The number of aryl methyl sites for hydroxylation is 2. The van der Waals surface area contributed by atoms with E-state index in [2.05, 4.69) is 20.9 Å². The third kappa shape index (κ3) is 2.41. The van der Waals surface area contributed by atoms with Crippen molar-refractivity contribution in [3.05, 3.63) is 49.9 Å². The lowest BCUT2D eigenvalue weighted by molar-refractivity contribution is 1.07. The summed E-state index contributed by atoms with van der Waals surface area (Å²) in [4.78, 5) is 4.38. The fourth-order valence-electron chi connectivity index (χ4n) is 2.58. The Hall–Kier alpha value is -1.23. The molecule has 0 unspecified atom stereocenters. The summed E-state index contributed by atoms with van der Waals surface area (Å²) in [5, 5.41) is 0.954. The van der Waals surface area contributed by atoms with Crippen molar-refractivity contribution in [2.24, 2.45) is 0 Å². The van der Waals surface area contributed by atoms with Gasteiger partial charge >= 0.3 is 0 Å². The van der Waals surface area contributed by atoms with E-state index in [0.29, 0.717) is 16.0 Å². The topological polar surface area (TPSA) is 43.8 Å². The number of hydrogen-bond donors (Lipinski definition) is 1. The molecule has 21 heavy (non-hydrogen) atoms. The molecule has 3 aromatic rings. The van der Waals surface area contributed by atoms with Crippen LogP contribution < -0.4 is 5.73 Å². The molecule has 0 spiro atoms. The van der Waals surface area contributed by atoms with Crippen LogP contribution in [-0.4, -0.2) is 9.55 Å². The molecule has 0 saturated heterocycles. The SMILES string of the molecule is Cc1cc(Br)cc(C)c1-n1c(N)nc2cc(Cl)c(Cl)cc21. The molecule has 2 aromatic carbocycles. The highest BCUT2D eigenvalue weighted by Crippen LogP contribution is 2.33. The molecule has 108 valence electrons. The predicted octanol–water partition coefficient (Wildman–Crippen LogP) is 5.29. The quantitative estimate of drug-likeness (QED) is 0.619. The molecule has 0 bridgehead atoms. The van der Waals surface area contributed by atoms with Crippen LogP contribution in [0.5, 0.6) is 0 Å². The van der Waals surface area contributed by atoms with Gasteiger partial charge in [-0.3, -0.25) is 4.57 Å². The number of hydrogen-bond acceptors (Lipinski definition) is 2. The number of nitrogens with zero attached hydrogens (tertiary/aromatic N) is 2. The van der Waals surface area contributed by atoms with E-state index in [4.69, 9.17) is 28.9 Å². The first kappa shape index (κ1) is 14.7. The van der Waals surface area contributed by atoms with Gasteiger partial charge in [-0.15, -0.1) is 0 Å². The van der Waals surface area contributed by atoms with Crippen molar-refractivity contribution in [3.8, 4) is 5.69 Å². The minimum atomic E-state index is 0.414. The number of benzene rings is 2. The minimum Gasteiger partial charge on any atom is -0.369 e. The molecule has 1 heterocycles. The molecule has 1 aromatic heterocycles. The summed E-state index contributed by atoms with van der Waals surface area (Å²) in [5.74, 6) is 0.414. The van der Waals surface area contributed by atoms with Crippen molar-refractivity contribution < 1.29 is 0 Å². The van der Waals surface area contributed by atoms with Crippen LogP contribution in [0.2, 0.25) is 10.0 Å². The van der Waals surface area contributed by atoms with E-state index in [0.717, 1.165) is 32.3 Å². The average Bonchev–Trinajstić information content (AvgIpc) is 2.66. The second kappa shape index (κ2) is 5.20. The van der Waals surface area contributed by atoms with Gasteiger partial charge in [0.05, 0.1) is 26.8 Å². The zero-order chi connectivity index (χ0) is 15.3. The molecule has 0 saturated carbocycles. The van der Waals surface area contributed by atoms with Crippen LogP contribution in [0.4, 0.5) is 5.95 Å². The summed E-state index contributed by atoms with van der Waals surface area (Å²) in [5.41, 5.74) is 10.9. The third-order valence-electron chi connectivity index (χ3n) is 3.40. The van der Waals surface area contributed by atoms with E-state index in [9.17, 15) is 0 Å². The van der Waals surface area contributed by atoms with E-state index >= 15 is 0 Å². The molecule has 2 N–H and O–H groups in total. The summed E-state index contributed by atoms with van der Waals surface area (Å²) >= 11 is 15.7. The number of halogens is 3. The first-order chi connectivity index (χ1) is 9.88. The normalized spacial score (nSPS) is 11.3. The predicted molar refractivity (Wildman–Crippen MR) is 92.7 cm³/mol. The number of nitrogen functional groups attached to an aromatic ring is 1. The van der Waals surface area contributed by atoms with E-state index in [-0.39, 0.29) is 0 Å². The van der Waals surface area contributed by atoms with Crippen LogP contribution in [0.25, 0.3) is 16.7 Å². The molecule has 3 rings (SSSR count). The number of rotatable bonds is 1. The maximum atomic E-state index is 6.14. The molecule has 0 radical (unpaired) electrons. The van der Waals surface area contributed by atoms with Crippen LogP contribution in [-0.2, 0) is 0 Å². The largest absolute Gasteiger partial charge is 0.369 e. The molecule has 0 atom stereocenters. The van der Waals surface area contributed by atoms with Gasteiger partial charge in [0, 0.05) is 4.47 Å². The lowest BCUT2D eigenvalue weighted by Crippen LogP contribution is -2.04. The Morgan fingerprint density at radius 1 is 1.05 bits per heavy atom. The van der Waals surface area contributed by atoms with Crippen molar-refractivity contribution in [1.29, 1.82) is 0 Å². The van der Waals surface area contributed by atoms with Gasteiger partial charge in [0.25, 0.3) is 0 Å². The standard InChI is InChI=1S/C15H12BrCl2N3/c1-7-3-9(16)4-8(2)14(7)21-13-6-11(18)10(17)5-12(13)20-15(21)19/h3-6H,1-2H3,(H2,19,20). The molecule has 6 heteroatoms. The number of aromatic nitrogens is 2. The number of anilines is 1. The lowest BCUT2D eigenvalue weighted by atomic mass is 10.1. The Bertz CT molecular complexity index is 848. The van der Waals surface area contributed by atoms with E-state index in [1.165, 1.54) is 0 Å². The number of imidazole rings is 1. The van der Waals surface area contributed by atoms with Crippen LogP contribution in [0.15, 0.2) is 28.7 Å². The van der Waals surface area contributed by atoms with Gasteiger partial charge in [0.15, 0.2) is 0 Å². The van der Waals surface area contributed by atoms with Gasteiger partial charge in [0.2, 0.25) is 5.95 Å². The maximum absolute atomic E-state index is 6.14. The van der Waals surface area contributed by atoms with Crippen molar-refractivity contribution in [3.63, 3.8) is 0 Å². The second-order valence-corrected chi connectivity index (χ2v) is 6.68. The van der Waals surface area contributed by atoms with Gasteiger partial charge < -0.3 is 5.73 Å². The fraction of sp³-hybridized carbons (Fsp3) is 0.133. The van der Waals surface area contributed by atoms with Crippen molar-refractivity contribution in [2.75, 3.05) is 5.73 Å². The Morgan fingerprint density at radius 3 is 2.24 bits per heavy atom. The van der Waals surface area contributed by atoms with Gasteiger partial charge in [0.1, 0.15) is 0 Å². The summed E-state index contributed by atoms with van der Waals surface area (Å²) in [7, 11) is 0. The molecular weight excluding hydrogens is 373 g/mol. The molecule has 0 amide bonds. The van der Waals surface area contributed by atoms with Gasteiger partial charge in [-0.05, 0) is 49.2 Å². The van der Waals surface area contributed by atoms with Crippen LogP contribution in [0.1, 0.15) is 11.1 Å². The Labute approximate surface area is 140 Å². The summed E-state index contributed by atoms with van der Waals surface area (Å²) in [6.07, 6.45) is 0. The molecular formula is C15H12BrCl2N3. The van der Waals surface area contributed by atoms with Crippen molar-refractivity contribution in [2.45, 2.75) is 13.8 Å². The van der Waals surface area contributed by atoms with Gasteiger partial charge in [-0.2, -0.15) is 0 Å². The summed E-state index contributed by atoms with van der Waals surface area (Å²) in [6, 6.07) is 7.62. The molecule has 0 aliphatic carbocycles. The van der Waals surface area contributed by atoms with E-state index in [1.54, 1.807) is 12.1 Å². The summed E-state index contributed by atoms with van der Waals surface area (Å²) in [6.45, 7) is 4.08. The Morgan fingerprint density at radius 2 is 1.62 bits per heavy atom. The number of nitrogens with two attached hydrogens (primary N) is 1. The van der Waals surface area contributed by atoms with Crippen LogP contribution in [0.3, 0.4) is 0 Å². The van der Waals surface area contributed by atoms with Gasteiger partial charge in [-0.25, -0.2) is 4.98 Å². The first-order valence-electron chi connectivity index (χ1n) is 6.28. The van der Waals surface area contributed by atoms with Gasteiger partial charge in [-0.1, -0.05) is 39.1 Å². The molecule has 3 nitrogen and oxygen atoms in total. The zero-order valence-electron chi connectivity index (χ0n) is 11.4. The van der Waals surface area contributed by atoms with Crippen LogP contribution in [0, 0.1) is 13.8 Å². The molecule has 0 aliphatic rings. The smallest absolute Gasteiger partial charge is 0.205 e. The van der Waals surface area contributed by atoms with E-state index < -0.39 is 0 Å². The Balaban J connectivity index is 2.41. The summed E-state index contributed by atoms with van der Waals surface area (Å²) < 4.78 is 2.94. The van der Waals surface area contributed by atoms with E-state index in [1.807, 2.05) is 30.5 Å². The second-order valence-electron chi connectivity index (χ2n) is 4.95. The maximum Gasteiger partial charge on any atom is 0.205 e. The van der Waals surface area contributed by atoms with Crippen LogP contribution >= 0.6 is 39.1 Å². The highest BCUT2D eigenvalue weighted by molar-refractivity contribution is 9.10. The first-order valence-corrected chi connectivity index (χ1v) is 7.83. The van der Waals surface area contributed by atoms with Crippen molar-refractivity contribution >= 4 is 56.1 Å². The van der Waals surface area contributed by atoms with Crippen molar-refractivity contribution in [1.82, 2.24) is 9.55 Å². The monoisotopic (exact) mass is 383 g/mol. The Kier molecular flexibility index (Phi) is 3.64. The fourth-order valence-corrected chi connectivity index (χ4v) is 3.58. The zero-order valence-corrected chi connectivity index (χ0v) is 14.5. The average molecular weight is 385 g/mol. The number of fused-ring (bicyclic) bond motifs is 1. The molecule has 0 fully saturated rings. The molecule has 0 aliphatic heterocycles. The third-order valence-corrected chi connectivity index (χ3v) is 4.58.